The zero-order valence-electron chi connectivity index (χ0n) is 27.0. The Balaban J connectivity index is 1.15. The van der Waals surface area contributed by atoms with Crippen molar-refractivity contribution in [1.82, 2.24) is 9.55 Å². The molecule has 4 heterocycles. The lowest BCUT2D eigenvalue weighted by Gasteiger charge is -2.32. The number of fused-ring (bicyclic) bond motifs is 9. The maximum atomic E-state index is 5.20. The van der Waals surface area contributed by atoms with Crippen molar-refractivity contribution < 1.29 is 0 Å². The number of hydrogen-bond donors (Lipinski definition) is 0. The van der Waals surface area contributed by atoms with Crippen LogP contribution in [0.15, 0.2) is 180 Å². The van der Waals surface area contributed by atoms with E-state index in [0.29, 0.717) is 0 Å². The molecular formula is C45H28BN3S. The van der Waals surface area contributed by atoms with Crippen molar-refractivity contribution in [3.05, 3.63) is 170 Å². The van der Waals surface area contributed by atoms with Gasteiger partial charge in [0.1, 0.15) is 0 Å². The van der Waals surface area contributed by atoms with Crippen LogP contribution in [0.1, 0.15) is 0 Å². The second kappa shape index (κ2) is 10.7. The van der Waals surface area contributed by atoms with Crippen LogP contribution in [0.3, 0.4) is 0 Å². The molecule has 0 amide bonds. The van der Waals surface area contributed by atoms with Crippen LogP contribution in [-0.4, -0.2) is 16.3 Å². The molecule has 0 spiro atoms. The molecule has 5 heteroatoms. The number of para-hydroxylation sites is 4. The lowest BCUT2D eigenvalue weighted by Crippen LogP contribution is -2.48. The number of pyridine rings is 1. The average molecular weight is 654 g/mol. The molecule has 0 bridgehead atoms. The molecule has 2 aliphatic heterocycles. The fourth-order valence-corrected chi connectivity index (χ4v) is 9.30. The maximum absolute atomic E-state index is 5.20. The highest BCUT2D eigenvalue weighted by Crippen LogP contribution is 2.51. The molecule has 232 valence electrons. The molecule has 0 saturated carbocycles. The minimum absolute atomic E-state index is 0.107. The molecule has 0 aliphatic carbocycles. The molecule has 2 aromatic heterocycles. The van der Waals surface area contributed by atoms with Crippen LogP contribution in [-0.2, 0) is 0 Å². The van der Waals surface area contributed by atoms with Gasteiger partial charge in [-0.1, -0.05) is 132 Å². The van der Waals surface area contributed by atoms with E-state index in [4.69, 9.17) is 4.98 Å². The molecule has 11 rings (SSSR count). The van der Waals surface area contributed by atoms with Crippen LogP contribution < -0.4 is 21.3 Å². The summed E-state index contributed by atoms with van der Waals surface area (Å²) in [6, 6.07) is 61.9. The first-order valence-electron chi connectivity index (χ1n) is 17.1. The van der Waals surface area contributed by atoms with Gasteiger partial charge in [0.2, 0.25) is 6.71 Å². The first kappa shape index (κ1) is 27.9. The first-order chi connectivity index (χ1) is 24.8. The van der Waals surface area contributed by atoms with E-state index >= 15 is 0 Å². The number of anilines is 3. The van der Waals surface area contributed by atoms with Gasteiger partial charge in [0.25, 0.3) is 0 Å². The topological polar surface area (TPSA) is 21.1 Å². The molecule has 0 fully saturated rings. The summed E-state index contributed by atoms with van der Waals surface area (Å²) in [5, 5.41) is 3.67. The molecule has 0 radical (unpaired) electrons. The average Bonchev–Trinajstić information content (AvgIpc) is 3.67. The standard InChI is InChI=1S/C45H28BN3S/c1-2-13-31(14-3-1)48-39-25-22-30(46-36-16-6-5-15-34(36)45-37(46)26-29-12-4-7-17-38(29)47-45)27-35(39)33-24-23-32(28-42(33)48)49-40-18-8-10-20-43(40)50-44-21-11-9-19-41(44)49/h1-28H. The van der Waals surface area contributed by atoms with Crippen LogP contribution in [0.4, 0.5) is 17.1 Å². The Morgan fingerprint density at radius 3 is 2.06 bits per heavy atom. The van der Waals surface area contributed by atoms with Gasteiger partial charge in [0.05, 0.1) is 33.6 Å². The van der Waals surface area contributed by atoms with Crippen LogP contribution in [0, 0.1) is 0 Å². The van der Waals surface area contributed by atoms with Gasteiger partial charge in [0, 0.05) is 31.9 Å². The molecular weight excluding hydrogens is 625 g/mol. The normalized spacial score (nSPS) is 13.0. The van der Waals surface area contributed by atoms with Crippen molar-refractivity contribution in [2.75, 3.05) is 4.90 Å². The fraction of sp³-hybridized carbons (Fsp3) is 0. The second-order valence-electron chi connectivity index (χ2n) is 13.2. The summed E-state index contributed by atoms with van der Waals surface area (Å²) in [5.41, 5.74) is 14.4. The maximum Gasteiger partial charge on any atom is 0.244 e. The van der Waals surface area contributed by atoms with E-state index in [0.717, 1.165) is 22.6 Å². The molecule has 50 heavy (non-hydrogen) atoms. The van der Waals surface area contributed by atoms with E-state index in [1.807, 2.05) is 11.8 Å². The minimum atomic E-state index is 0.107. The number of nitrogens with zero attached hydrogens (tertiary/aromatic N) is 3. The Morgan fingerprint density at radius 2 is 1.22 bits per heavy atom. The third-order valence-corrected chi connectivity index (χ3v) is 11.5. The summed E-state index contributed by atoms with van der Waals surface area (Å²) in [5.74, 6) is 0. The molecule has 2 aliphatic rings. The first-order valence-corrected chi connectivity index (χ1v) is 17.9. The molecule has 0 saturated heterocycles. The number of rotatable bonds is 3. The number of hydrogen-bond acceptors (Lipinski definition) is 3. The van der Waals surface area contributed by atoms with Gasteiger partial charge in [-0.05, 0) is 77.1 Å². The highest BCUT2D eigenvalue weighted by Gasteiger charge is 2.35. The van der Waals surface area contributed by atoms with Crippen LogP contribution >= 0.6 is 11.8 Å². The van der Waals surface area contributed by atoms with Gasteiger partial charge < -0.3 is 9.47 Å². The number of benzene rings is 7. The van der Waals surface area contributed by atoms with Gasteiger partial charge in [-0.25, -0.2) is 4.98 Å². The second-order valence-corrected chi connectivity index (χ2v) is 14.2. The zero-order valence-corrected chi connectivity index (χ0v) is 27.8. The third-order valence-electron chi connectivity index (χ3n) is 10.4. The zero-order chi connectivity index (χ0) is 32.8. The van der Waals surface area contributed by atoms with Crippen molar-refractivity contribution in [2.45, 2.75) is 9.79 Å². The Morgan fingerprint density at radius 1 is 0.500 bits per heavy atom. The van der Waals surface area contributed by atoms with Crippen LogP contribution in [0.5, 0.6) is 0 Å². The van der Waals surface area contributed by atoms with E-state index in [9.17, 15) is 0 Å². The van der Waals surface area contributed by atoms with Crippen molar-refractivity contribution in [2.24, 2.45) is 0 Å². The largest absolute Gasteiger partial charge is 0.309 e. The van der Waals surface area contributed by atoms with Crippen LogP contribution in [0.25, 0.3) is 49.7 Å². The lowest BCUT2D eigenvalue weighted by atomic mass is 9.39. The van der Waals surface area contributed by atoms with E-state index in [1.54, 1.807) is 0 Å². The highest BCUT2D eigenvalue weighted by molar-refractivity contribution is 7.99. The van der Waals surface area contributed by atoms with Gasteiger partial charge in [-0.2, -0.15) is 0 Å². The van der Waals surface area contributed by atoms with Gasteiger partial charge in [-0.3, -0.25) is 0 Å². The summed E-state index contributed by atoms with van der Waals surface area (Å²) >= 11 is 1.84. The predicted octanol–water partition coefficient (Wildman–Crippen LogP) is 9.76. The summed E-state index contributed by atoms with van der Waals surface area (Å²) in [6.45, 7) is 0.107. The number of aromatic nitrogens is 2. The Kier molecular flexibility index (Phi) is 5.98. The smallest absolute Gasteiger partial charge is 0.244 e. The monoisotopic (exact) mass is 653 g/mol. The van der Waals surface area contributed by atoms with Crippen molar-refractivity contribution in [3.63, 3.8) is 0 Å². The van der Waals surface area contributed by atoms with E-state index < -0.39 is 0 Å². The van der Waals surface area contributed by atoms with E-state index in [-0.39, 0.29) is 6.71 Å². The minimum Gasteiger partial charge on any atom is -0.309 e. The highest BCUT2D eigenvalue weighted by atomic mass is 32.2. The van der Waals surface area contributed by atoms with Crippen molar-refractivity contribution >= 4 is 84.6 Å². The predicted molar refractivity (Wildman–Crippen MR) is 211 cm³/mol. The van der Waals surface area contributed by atoms with Gasteiger partial charge in [0.15, 0.2) is 0 Å². The summed E-state index contributed by atoms with van der Waals surface area (Å²) in [7, 11) is 0. The van der Waals surface area contributed by atoms with Crippen LogP contribution in [0.2, 0.25) is 0 Å². The molecule has 9 aromatic rings. The molecule has 0 atom stereocenters. The van der Waals surface area contributed by atoms with E-state index in [2.05, 4.69) is 179 Å². The Bertz CT molecular complexity index is 2780. The molecule has 0 unspecified atom stereocenters. The fourth-order valence-electron chi connectivity index (χ4n) is 8.24. The SMILES string of the molecule is c1ccc(-n2c3ccc(B4c5ccccc5-c5nc6ccccc6cc54)cc3c3ccc(N4c5ccccc5Sc5ccccc54)cc32)cc1. The molecule has 7 aromatic carbocycles. The third kappa shape index (κ3) is 4.04. The lowest BCUT2D eigenvalue weighted by molar-refractivity contribution is 1.15. The molecule has 0 N–H and O–H groups in total. The summed E-state index contributed by atoms with van der Waals surface area (Å²) in [6.07, 6.45) is 0. The summed E-state index contributed by atoms with van der Waals surface area (Å²) < 4.78 is 2.43. The summed E-state index contributed by atoms with van der Waals surface area (Å²) in [4.78, 5) is 10.2. The van der Waals surface area contributed by atoms with E-state index in [1.165, 1.54) is 70.3 Å². The Hall–Kier alpha value is -6.04. The van der Waals surface area contributed by atoms with Crippen molar-refractivity contribution in [1.29, 1.82) is 0 Å². The molecule has 3 nitrogen and oxygen atoms in total. The van der Waals surface area contributed by atoms with Gasteiger partial charge in [-0.15, -0.1) is 0 Å². The van der Waals surface area contributed by atoms with Gasteiger partial charge >= 0.3 is 0 Å². The Labute approximate surface area is 294 Å². The van der Waals surface area contributed by atoms with Crippen molar-refractivity contribution in [3.8, 4) is 16.9 Å². The quantitative estimate of drug-likeness (QED) is 0.177.